The Labute approximate surface area is 156 Å². The number of aromatic nitrogens is 2. The molecule has 1 aromatic carbocycles. The molecule has 2 heterocycles. The van der Waals surface area contributed by atoms with Crippen LogP contribution in [0.1, 0.15) is 31.8 Å². The number of hydrogen-bond acceptors (Lipinski definition) is 5. The van der Waals surface area contributed by atoms with Gasteiger partial charge in [0.2, 0.25) is 5.91 Å². The first kappa shape index (κ1) is 18.1. The third-order valence-electron chi connectivity index (χ3n) is 4.03. The van der Waals surface area contributed by atoms with Crippen LogP contribution in [0.4, 0.5) is 5.69 Å². The summed E-state index contributed by atoms with van der Waals surface area (Å²) in [4.78, 5) is 31.4. The minimum absolute atomic E-state index is 0.211. The topological polar surface area (TPSA) is 107 Å². The molecule has 27 heavy (non-hydrogen) atoms. The number of nitrogens with two attached hydrogens (primary N) is 1. The van der Waals surface area contributed by atoms with Crippen molar-refractivity contribution in [2.75, 3.05) is 5.32 Å². The zero-order valence-electron chi connectivity index (χ0n) is 14.7. The van der Waals surface area contributed by atoms with Crippen molar-refractivity contribution in [1.82, 2.24) is 9.97 Å². The van der Waals surface area contributed by atoms with Crippen LogP contribution in [0.2, 0.25) is 0 Å². The highest BCUT2D eigenvalue weighted by Gasteiger charge is 2.10. The van der Waals surface area contributed by atoms with E-state index in [4.69, 9.17) is 10.5 Å². The van der Waals surface area contributed by atoms with E-state index in [0.717, 1.165) is 11.1 Å². The minimum atomic E-state index is -0.565. The first-order valence-corrected chi connectivity index (χ1v) is 8.22. The van der Waals surface area contributed by atoms with Gasteiger partial charge in [-0.15, -0.1) is 0 Å². The average molecular weight is 362 g/mol. The predicted octanol–water partition coefficient (Wildman–Crippen LogP) is 2.72. The van der Waals surface area contributed by atoms with E-state index in [2.05, 4.69) is 15.3 Å². The first-order chi connectivity index (χ1) is 13.0. The van der Waals surface area contributed by atoms with Crippen molar-refractivity contribution in [3.63, 3.8) is 0 Å². The van der Waals surface area contributed by atoms with Crippen molar-refractivity contribution in [3.05, 3.63) is 83.4 Å². The lowest BCUT2D eigenvalue weighted by Gasteiger charge is -2.13. The molecule has 0 saturated carbocycles. The standard InChI is InChI=1S/C20H18N4O3/c1-13-15(12-27-17-9-16(19(21)25)10-23-11-17)3-2-4-18(13)24-20(26)14-5-7-22-8-6-14/h2-11H,12H2,1H3,(H2,21,25)(H,24,26). The maximum atomic E-state index is 12.3. The Morgan fingerprint density at radius 3 is 2.59 bits per heavy atom. The fourth-order valence-corrected chi connectivity index (χ4v) is 2.47. The SMILES string of the molecule is Cc1c(COc2cncc(C(N)=O)c2)cccc1NC(=O)c1ccncc1. The van der Waals surface area contributed by atoms with E-state index < -0.39 is 5.91 Å². The van der Waals surface area contributed by atoms with Gasteiger partial charge in [0.05, 0.1) is 11.8 Å². The van der Waals surface area contributed by atoms with Crippen molar-refractivity contribution in [2.45, 2.75) is 13.5 Å². The van der Waals surface area contributed by atoms with E-state index >= 15 is 0 Å². The third-order valence-corrected chi connectivity index (χ3v) is 4.03. The van der Waals surface area contributed by atoms with Crippen molar-refractivity contribution >= 4 is 17.5 Å². The average Bonchev–Trinajstić information content (AvgIpc) is 2.69. The Kier molecular flexibility index (Phi) is 5.41. The number of pyridine rings is 2. The minimum Gasteiger partial charge on any atom is -0.487 e. The molecule has 7 heteroatoms. The van der Waals surface area contributed by atoms with Crippen LogP contribution in [0.25, 0.3) is 0 Å². The summed E-state index contributed by atoms with van der Waals surface area (Å²) in [6.45, 7) is 2.16. The van der Waals surface area contributed by atoms with Gasteiger partial charge in [0, 0.05) is 29.8 Å². The summed E-state index contributed by atoms with van der Waals surface area (Å²) in [7, 11) is 0. The van der Waals surface area contributed by atoms with Gasteiger partial charge in [-0.3, -0.25) is 19.6 Å². The summed E-state index contributed by atoms with van der Waals surface area (Å²) in [6.07, 6.45) is 6.03. The Morgan fingerprint density at radius 1 is 1.07 bits per heavy atom. The Bertz CT molecular complexity index is 974. The zero-order chi connectivity index (χ0) is 19.2. The number of carbonyl (C=O) groups excluding carboxylic acids is 2. The molecule has 0 spiro atoms. The highest BCUT2D eigenvalue weighted by molar-refractivity contribution is 6.04. The number of hydrogen-bond donors (Lipinski definition) is 2. The first-order valence-electron chi connectivity index (χ1n) is 8.22. The Hall–Kier alpha value is -3.74. The molecule has 0 unspecified atom stereocenters. The number of benzene rings is 1. The van der Waals surface area contributed by atoms with Crippen molar-refractivity contribution in [3.8, 4) is 5.75 Å². The summed E-state index contributed by atoms with van der Waals surface area (Å²) >= 11 is 0. The second kappa shape index (κ2) is 8.09. The lowest BCUT2D eigenvalue weighted by molar-refractivity contribution is 0.0997. The van der Waals surface area contributed by atoms with Gasteiger partial charge in [-0.25, -0.2) is 0 Å². The van der Waals surface area contributed by atoms with Gasteiger partial charge in [-0.05, 0) is 42.3 Å². The normalized spacial score (nSPS) is 10.3. The van der Waals surface area contributed by atoms with Crippen molar-refractivity contribution in [1.29, 1.82) is 0 Å². The summed E-state index contributed by atoms with van der Waals surface area (Å²) < 4.78 is 5.72. The Morgan fingerprint density at radius 2 is 1.85 bits per heavy atom. The van der Waals surface area contributed by atoms with Crippen LogP contribution in [0.15, 0.2) is 61.2 Å². The highest BCUT2D eigenvalue weighted by atomic mass is 16.5. The van der Waals surface area contributed by atoms with Crippen molar-refractivity contribution < 1.29 is 14.3 Å². The van der Waals surface area contributed by atoms with Gasteiger partial charge in [0.1, 0.15) is 12.4 Å². The number of primary amides is 1. The molecule has 2 aromatic heterocycles. The molecule has 136 valence electrons. The van der Waals surface area contributed by atoms with Gasteiger partial charge in [-0.1, -0.05) is 12.1 Å². The van der Waals surface area contributed by atoms with E-state index in [9.17, 15) is 9.59 Å². The number of amides is 2. The summed E-state index contributed by atoms with van der Waals surface area (Å²) in [5, 5.41) is 2.89. The molecule has 0 radical (unpaired) electrons. The lowest BCUT2D eigenvalue weighted by atomic mass is 10.1. The molecule has 3 rings (SSSR count). The van der Waals surface area contributed by atoms with Gasteiger partial charge >= 0.3 is 0 Å². The van der Waals surface area contributed by atoms with Gasteiger partial charge in [0.25, 0.3) is 5.91 Å². The van der Waals surface area contributed by atoms with Crippen molar-refractivity contribution in [2.24, 2.45) is 5.73 Å². The molecule has 3 aromatic rings. The van der Waals surface area contributed by atoms with E-state index in [0.29, 0.717) is 17.0 Å². The van der Waals surface area contributed by atoms with Gasteiger partial charge in [0.15, 0.2) is 0 Å². The third kappa shape index (κ3) is 4.46. The predicted molar refractivity (Wildman–Crippen MR) is 100 cm³/mol. The fraction of sp³-hybridized carbons (Fsp3) is 0.100. The molecule has 0 bridgehead atoms. The molecule has 0 fully saturated rings. The maximum Gasteiger partial charge on any atom is 0.255 e. The smallest absolute Gasteiger partial charge is 0.255 e. The molecule has 0 atom stereocenters. The van der Waals surface area contributed by atoms with Crippen LogP contribution in [0, 0.1) is 6.92 Å². The molecule has 2 amide bonds. The van der Waals surface area contributed by atoms with Gasteiger partial charge in [-0.2, -0.15) is 0 Å². The van der Waals surface area contributed by atoms with Crippen LogP contribution in [-0.4, -0.2) is 21.8 Å². The maximum absolute atomic E-state index is 12.3. The molecule has 3 N–H and O–H groups in total. The number of rotatable bonds is 6. The number of nitrogens with zero attached hydrogens (tertiary/aromatic N) is 2. The largest absolute Gasteiger partial charge is 0.487 e. The Balaban J connectivity index is 1.72. The second-order valence-corrected chi connectivity index (χ2v) is 5.84. The van der Waals surface area contributed by atoms with E-state index in [1.807, 2.05) is 25.1 Å². The molecule has 0 aliphatic rings. The molecule has 7 nitrogen and oxygen atoms in total. The van der Waals surface area contributed by atoms with Crippen LogP contribution in [-0.2, 0) is 6.61 Å². The van der Waals surface area contributed by atoms with Crippen LogP contribution in [0.3, 0.4) is 0 Å². The molecule has 0 saturated heterocycles. The van der Waals surface area contributed by atoms with E-state index in [-0.39, 0.29) is 18.1 Å². The lowest BCUT2D eigenvalue weighted by Crippen LogP contribution is -2.13. The summed E-state index contributed by atoms with van der Waals surface area (Å²) in [5.74, 6) is -0.334. The highest BCUT2D eigenvalue weighted by Crippen LogP contribution is 2.22. The van der Waals surface area contributed by atoms with E-state index in [1.54, 1.807) is 30.6 Å². The fourth-order valence-electron chi connectivity index (χ4n) is 2.47. The zero-order valence-corrected chi connectivity index (χ0v) is 14.7. The molecule has 0 aliphatic carbocycles. The second-order valence-electron chi connectivity index (χ2n) is 5.84. The van der Waals surface area contributed by atoms with Gasteiger partial charge < -0.3 is 15.8 Å². The summed E-state index contributed by atoms with van der Waals surface area (Å²) in [6, 6.07) is 10.4. The molecule has 0 aliphatic heterocycles. The summed E-state index contributed by atoms with van der Waals surface area (Å²) in [5.41, 5.74) is 8.54. The molecular formula is C20H18N4O3. The monoisotopic (exact) mass is 362 g/mol. The quantitative estimate of drug-likeness (QED) is 0.701. The number of ether oxygens (including phenoxy) is 1. The molecular weight excluding hydrogens is 344 g/mol. The number of anilines is 1. The van der Waals surface area contributed by atoms with Crippen LogP contribution >= 0.6 is 0 Å². The number of nitrogens with one attached hydrogen (secondary N) is 1. The van der Waals surface area contributed by atoms with Crippen LogP contribution < -0.4 is 15.8 Å². The van der Waals surface area contributed by atoms with Crippen LogP contribution in [0.5, 0.6) is 5.75 Å². The van der Waals surface area contributed by atoms with E-state index in [1.165, 1.54) is 12.4 Å². The number of carbonyl (C=O) groups is 2.